The summed E-state index contributed by atoms with van der Waals surface area (Å²) in [4.78, 5) is 34.1. The number of rotatable bonds is 3. The molecular weight excluding hydrogens is 276 g/mol. The van der Waals surface area contributed by atoms with Gasteiger partial charge in [0.1, 0.15) is 6.04 Å². The summed E-state index contributed by atoms with van der Waals surface area (Å²) in [7, 11) is 0. The molecule has 0 aliphatic carbocycles. The van der Waals surface area contributed by atoms with Gasteiger partial charge in [-0.2, -0.15) is 0 Å². The van der Waals surface area contributed by atoms with Crippen LogP contribution in [0.15, 0.2) is 12.1 Å². The van der Waals surface area contributed by atoms with Gasteiger partial charge in [0.15, 0.2) is 0 Å². The van der Waals surface area contributed by atoms with E-state index in [0.29, 0.717) is 11.3 Å². The molecule has 1 amide bonds. The average Bonchev–Trinajstić information content (AvgIpc) is 2.94. The number of nitrogens with zero attached hydrogens (tertiary/aromatic N) is 2. The van der Waals surface area contributed by atoms with Crippen molar-refractivity contribution in [3.63, 3.8) is 0 Å². The Kier molecular flexibility index (Phi) is 3.49. The molecule has 2 rings (SSSR count). The highest BCUT2D eigenvalue weighted by Gasteiger charge is 2.39. The number of β-amino-alcohol motifs (C(OH)–C–C–N with tert-alkyl or cyclic N) is 1. The summed E-state index contributed by atoms with van der Waals surface area (Å²) in [5, 5.41) is 28.8. The molecule has 1 fully saturated rings. The molecule has 2 heterocycles. The van der Waals surface area contributed by atoms with Crippen LogP contribution in [0.4, 0.5) is 5.00 Å². The molecule has 0 spiro atoms. The molecule has 0 unspecified atom stereocenters. The van der Waals surface area contributed by atoms with Gasteiger partial charge >= 0.3 is 11.0 Å². The van der Waals surface area contributed by atoms with Crippen LogP contribution in [0.25, 0.3) is 0 Å². The average molecular weight is 286 g/mol. The van der Waals surface area contributed by atoms with E-state index < -0.39 is 28.9 Å². The molecule has 0 saturated carbocycles. The number of thiophene rings is 1. The molecule has 1 saturated heterocycles. The van der Waals surface area contributed by atoms with Crippen LogP contribution < -0.4 is 0 Å². The third-order valence-corrected chi connectivity index (χ3v) is 3.83. The van der Waals surface area contributed by atoms with Gasteiger partial charge in [-0.15, -0.1) is 0 Å². The number of likely N-dealkylation sites (tertiary alicyclic amines) is 1. The SMILES string of the molecule is O=C(O)[C@@H]1C[C@@H](O)CN1C(=O)c1ccc([N+](=O)[O-])s1. The van der Waals surface area contributed by atoms with E-state index in [-0.39, 0.29) is 22.8 Å². The van der Waals surface area contributed by atoms with E-state index in [1.54, 1.807) is 0 Å². The van der Waals surface area contributed by atoms with Gasteiger partial charge < -0.3 is 15.1 Å². The highest BCUT2D eigenvalue weighted by Crippen LogP contribution is 2.28. The van der Waals surface area contributed by atoms with Gasteiger partial charge in [0.2, 0.25) is 0 Å². The minimum Gasteiger partial charge on any atom is -0.480 e. The number of aliphatic hydroxyl groups excluding tert-OH is 1. The highest BCUT2D eigenvalue weighted by molar-refractivity contribution is 7.17. The van der Waals surface area contributed by atoms with Crippen molar-refractivity contribution in [2.75, 3.05) is 6.54 Å². The maximum absolute atomic E-state index is 12.1. The van der Waals surface area contributed by atoms with Crippen LogP contribution in [0.3, 0.4) is 0 Å². The topological polar surface area (TPSA) is 121 Å². The van der Waals surface area contributed by atoms with E-state index in [4.69, 9.17) is 5.11 Å². The lowest BCUT2D eigenvalue weighted by atomic mass is 10.2. The summed E-state index contributed by atoms with van der Waals surface area (Å²) in [6, 6.07) is 1.39. The lowest BCUT2D eigenvalue weighted by molar-refractivity contribution is -0.380. The molecule has 1 aromatic heterocycles. The molecule has 2 N–H and O–H groups in total. The second-order valence-corrected chi connectivity index (χ2v) is 5.16. The fourth-order valence-electron chi connectivity index (χ4n) is 1.95. The summed E-state index contributed by atoms with van der Waals surface area (Å²) in [6.45, 7) is -0.0818. The fourth-order valence-corrected chi connectivity index (χ4v) is 2.73. The Bertz CT molecular complexity index is 542. The van der Waals surface area contributed by atoms with Crippen LogP contribution in [0.1, 0.15) is 16.1 Å². The molecule has 8 nitrogen and oxygen atoms in total. The van der Waals surface area contributed by atoms with Crippen LogP contribution in [-0.4, -0.2) is 50.6 Å². The molecule has 9 heteroatoms. The zero-order chi connectivity index (χ0) is 14.2. The first-order chi connectivity index (χ1) is 8.90. The number of amides is 1. The second-order valence-electron chi connectivity index (χ2n) is 4.10. The first kappa shape index (κ1) is 13.4. The van der Waals surface area contributed by atoms with Crippen LogP contribution in [0, 0.1) is 10.1 Å². The van der Waals surface area contributed by atoms with Gasteiger partial charge in [-0.1, -0.05) is 11.3 Å². The van der Waals surface area contributed by atoms with E-state index >= 15 is 0 Å². The van der Waals surface area contributed by atoms with Crippen molar-refractivity contribution in [2.45, 2.75) is 18.6 Å². The van der Waals surface area contributed by atoms with Crippen LogP contribution >= 0.6 is 11.3 Å². The van der Waals surface area contributed by atoms with Crippen molar-refractivity contribution in [3.05, 3.63) is 27.1 Å². The summed E-state index contributed by atoms with van der Waals surface area (Å²) < 4.78 is 0. The first-order valence-electron chi connectivity index (χ1n) is 5.36. The molecule has 19 heavy (non-hydrogen) atoms. The van der Waals surface area contributed by atoms with E-state index in [1.165, 1.54) is 12.1 Å². The minimum absolute atomic E-state index is 0.0332. The van der Waals surface area contributed by atoms with Gasteiger partial charge in [0.05, 0.1) is 15.9 Å². The molecule has 0 bridgehead atoms. The number of carboxylic acids is 1. The molecule has 102 valence electrons. The van der Waals surface area contributed by atoms with E-state index in [2.05, 4.69) is 0 Å². The van der Waals surface area contributed by atoms with Crippen LogP contribution in [-0.2, 0) is 4.79 Å². The van der Waals surface area contributed by atoms with Crippen molar-refractivity contribution in [1.29, 1.82) is 0 Å². The summed E-state index contributed by atoms with van der Waals surface area (Å²) in [6.07, 6.45) is -0.922. The van der Waals surface area contributed by atoms with Crippen LogP contribution in [0.5, 0.6) is 0 Å². The smallest absolute Gasteiger partial charge is 0.326 e. The maximum atomic E-state index is 12.1. The molecule has 0 aromatic carbocycles. The number of carbonyl (C=O) groups is 2. The largest absolute Gasteiger partial charge is 0.480 e. The van der Waals surface area contributed by atoms with Crippen LogP contribution in [0.2, 0.25) is 0 Å². The minimum atomic E-state index is -1.20. The third-order valence-electron chi connectivity index (χ3n) is 2.81. The number of hydrogen-bond acceptors (Lipinski definition) is 6. The van der Waals surface area contributed by atoms with Gasteiger partial charge in [-0.25, -0.2) is 4.79 Å². The second kappa shape index (κ2) is 4.94. The van der Waals surface area contributed by atoms with E-state index in [9.17, 15) is 24.8 Å². The standard InChI is InChI=1S/C10H10N2O6S/c13-5-3-6(10(15)16)11(4-5)9(14)7-1-2-8(19-7)12(17)18/h1-2,5-6,13H,3-4H2,(H,15,16)/t5-,6+/m1/s1. The van der Waals surface area contributed by atoms with Crippen molar-refractivity contribution in [2.24, 2.45) is 0 Å². The highest BCUT2D eigenvalue weighted by atomic mass is 32.1. The van der Waals surface area contributed by atoms with Gasteiger partial charge in [-0.05, 0) is 6.07 Å². The zero-order valence-electron chi connectivity index (χ0n) is 9.55. The number of nitro groups is 1. The van der Waals surface area contributed by atoms with E-state index in [0.717, 1.165) is 4.90 Å². The number of carbonyl (C=O) groups excluding carboxylic acids is 1. The molecule has 1 aromatic rings. The van der Waals surface area contributed by atoms with Gasteiger partial charge in [0.25, 0.3) is 5.91 Å². The van der Waals surface area contributed by atoms with Crippen molar-refractivity contribution in [3.8, 4) is 0 Å². The Morgan fingerprint density at radius 3 is 2.68 bits per heavy atom. The lowest BCUT2D eigenvalue weighted by Crippen LogP contribution is -2.40. The molecular formula is C10H10N2O6S. The third kappa shape index (κ3) is 2.56. The Morgan fingerprint density at radius 2 is 2.16 bits per heavy atom. The Morgan fingerprint density at radius 1 is 1.47 bits per heavy atom. The van der Waals surface area contributed by atoms with Crippen molar-refractivity contribution >= 4 is 28.2 Å². The van der Waals surface area contributed by atoms with Crippen molar-refractivity contribution < 1.29 is 24.7 Å². The summed E-state index contributed by atoms with van der Waals surface area (Å²) >= 11 is 0.686. The number of carboxylic acid groups (broad SMARTS) is 1. The monoisotopic (exact) mass is 286 g/mol. The molecule has 2 atom stereocenters. The molecule has 1 aliphatic heterocycles. The molecule has 0 radical (unpaired) electrons. The van der Waals surface area contributed by atoms with Gasteiger partial charge in [-0.3, -0.25) is 14.9 Å². The first-order valence-corrected chi connectivity index (χ1v) is 6.18. The maximum Gasteiger partial charge on any atom is 0.326 e. The summed E-state index contributed by atoms with van der Waals surface area (Å²) in [5.74, 6) is -1.81. The number of aliphatic carboxylic acids is 1. The number of aliphatic hydroxyl groups is 1. The predicted octanol–water partition coefficient (Wildman–Crippen LogP) is 0.316. The van der Waals surface area contributed by atoms with Gasteiger partial charge in [0, 0.05) is 19.0 Å². The van der Waals surface area contributed by atoms with Crippen molar-refractivity contribution in [1.82, 2.24) is 4.90 Å². The Balaban J connectivity index is 2.22. The lowest BCUT2D eigenvalue weighted by Gasteiger charge is -2.19. The predicted molar refractivity (Wildman–Crippen MR) is 64.1 cm³/mol. The Hall–Kier alpha value is -2.00. The fraction of sp³-hybridized carbons (Fsp3) is 0.400. The zero-order valence-corrected chi connectivity index (χ0v) is 10.4. The quantitative estimate of drug-likeness (QED) is 0.609. The Labute approximate surface area is 111 Å². The molecule has 1 aliphatic rings. The number of hydrogen-bond donors (Lipinski definition) is 2. The normalized spacial score (nSPS) is 22.5. The van der Waals surface area contributed by atoms with E-state index in [1.807, 2.05) is 0 Å². The summed E-state index contributed by atoms with van der Waals surface area (Å²) in [5.41, 5.74) is 0.